The molecule has 1 N–H and O–H groups in total. The zero-order valence-corrected chi connectivity index (χ0v) is 10.1. The summed E-state index contributed by atoms with van der Waals surface area (Å²) in [6.45, 7) is 3.55. The first-order valence-corrected chi connectivity index (χ1v) is 6.68. The fraction of sp³-hybridized carbons (Fsp3) is 1.00. The van der Waals surface area contributed by atoms with Gasteiger partial charge in [-0.1, -0.05) is 0 Å². The molecule has 1 atom stereocenters. The van der Waals surface area contributed by atoms with Crippen LogP contribution < -0.4 is 0 Å². The second-order valence-electron chi connectivity index (χ2n) is 2.85. The van der Waals surface area contributed by atoms with Gasteiger partial charge in [0.05, 0.1) is 39.6 Å². The maximum Gasteiger partial charge on any atom is 0.325 e. The molecule has 0 fully saturated rings. The van der Waals surface area contributed by atoms with Crippen LogP contribution in [-0.4, -0.2) is 58.3 Å². The van der Waals surface area contributed by atoms with E-state index in [0.29, 0.717) is 26.4 Å². The molecule has 1 unspecified atom stereocenters. The third-order valence-electron chi connectivity index (χ3n) is 1.36. The largest absolute Gasteiger partial charge is 0.382 e. The topological polar surface area (TPSA) is 74.2 Å². The van der Waals surface area contributed by atoms with E-state index in [2.05, 4.69) is 4.52 Å². The molecule has 0 saturated carbocycles. The van der Waals surface area contributed by atoms with Gasteiger partial charge in [0.1, 0.15) is 0 Å². The van der Waals surface area contributed by atoms with Gasteiger partial charge in [-0.05, 0) is 0 Å². The zero-order chi connectivity index (χ0) is 11.6. The Balaban J connectivity index is 3.02. The standard InChI is InChI=1S/C8H19O6P/c1-11-3-4-12-5-6-13-7-8-14-15(2,9)10/h3-8H2,1-2H3,(H,9,10). The maximum atomic E-state index is 10.7. The Morgan fingerprint density at radius 2 is 1.47 bits per heavy atom. The van der Waals surface area contributed by atoms with Crippen LogP contribution in [-0.2, 0) is 23.3 Å². The highest BCUT2D eigenvalue weighted by atomic mass is 31.2. The van der Waals surface area contributed by atoms with E-state index in [-0.39, 0.29) is 13.2 Å². The summed E-state index contributed by atoms with van der Waals surface area (Å²) >= 11 is 0. The molecule has 0 aromatic carbocycles. The lowest BCUT2D eigenvalue weighted by Crippen LogP contribution is -2.10. The van der Waals surface area contributed by atoms with E-state index in [9.17, 15) is 4.57 Å². The maximum absolute atomic E-state index is 10.7. The molecule has 0 spiro atoms. The Morgan fingerprint density at radius 3 is 1.93 bits per heavy atom. The van der Waals surface area contributed by atoms with Crippen molar-refractivity contribution in [2.24, 2.45) is 0 Å². The molecule has 0 radical (unpaired) electrons. The first-order chi connectivity index (χ1) is 7.06. The Hall–Kier alpha value is 0.0300. The minimum atomic E-state index is -3.36. The van der Waals surface area contributed by atoms with Gasteiger partial charge >= 0.3 is 7.60 Å². The number of methoxy groups -OCH3 is 1. The van der Waals surface area contributed by atoms with Gasteiger partial charge in [0.25, 0.3) is 0 Å². The molecule has 0 heterocycles. The summed E-state index contributed by atoms with van der Waals surface area (Å²) in [5.41, 5.74) is 0. The van der Waals surface area contributed by atoms with Crippen molar-refractivity contribution in [1.82, 2.24) is 0 Å². The van der Waals surface area contributed by atoms with E-state index < -0.39 is 7.60 Å². The van der Waals surface area contributed by atoms with E-state index in [4.69, 9.17) is 19.1 Å². The van der Waals surface area contributed by atoms with E-state index in [0.717, 1.165) is 6.66 Å². The minimum Gasteiger partial charge on any atom is -0.382 e. The van der Waals surface area contributed by atoms with Crippen LogP contribution in [0.1, 0.15) is 0 Å². The van der Waals surface area contributed by atoms with Gasteiger partial charge in [0, 0.05) is 13.8 Å². The highest BCUT2D eigenvalue weighted by Crippen LogP contribution is 2.35. The molecule has 0 aromatic rings. The second-order valence-corrected chi connectivity index (χ2v) is 4.72. The van der Waals surface area contributed by atoms with Crippen molar-refractivity contribution >= 4 is 7.60 Å². The lowest BCUT2D eigenvalue weighted by Gasteiger charge is -2.07. The third kappa shape index (κ3) is 14.0. The number of hydrogen-bond donors (Lipinski definition) is 1. The van der Waals surface area contributed by atoms with Crippen molar-refractivity contribution in [3.8, 4) is 0 Å². The molecule has 0 rings (SSSR count). The van der Waals surface area contributed by atoms with Crippen LogP contribution in [0.15, 0.2) is 0 Å². The summed E-state index contributed by atoms with van der Waals surface area (Å²) in [7, 11) is -1.76. The Morgan fingerprint density at radius 1 is 1.00 bits per heavy atom. The molecular weight excluding hydrogens is 223 g/mol. The van der Waals surface area contributed by atoms with Gasteiger partial charge in [0.15, 0.2) is 0 Å². The minimum absolute atomic E-state index is 0.113. The molecule has 0 aromatic heterocycles. The summed E-state index contributed by atoms with van der Waals surface area (Å²) in [4.78, 5) is 8.76. The Bertz CT molecular complexity index is 180. The average molecular weight is 242 g/mol. The molecule has 0 aliphatic rings. The smallest absolute Gasteiger partial charge is 0.325 e. The van der Waals surface area contributed by atoms with Gasteiger partial charge in [-0.2, -0.15) is 0 Å². The predicted molar refractivity (Wildman–Crippen MR) is 55.2 cm³/mol. The van der Waals surface area contributed by atoms with E-state index in [1.54, 1.807) is 7.11 Å². The van der Waals surface area contributed by atoms with E-state index in [1.165, 1.54) is 0 Å². The molecule has 0 aliphatic heterocycles. The van der Waals surface area contributed by atoms with Crippen molar-refractivity contribution in [3.05, 3.63) is 0 Å². The van der Waals surface area contributed by atoms with Crippen molar-refractivity contribution in [2.75, 3.05) is 53.4 Å². The lowest BCUT2D eigenvalue weighted by atomic mass is 10.7. The fourth-order valence-electron chi connectivity index (χ4n) is 0.730. The quantitative estimate of drug-likeness (QED) is 0.444. The summed E-state index contributed by atoms with van der Waals surface area (Å²) in [5, 5.41) is 0. The Labute approximate surface area is 90.0 Å². The van der Waals surface area contributed by atoms with E-state index in [1.807, 2.05) is 0 Å². The normalized spacial score (nSPS) is 15.1. The van der Waals surface area contributed by atoms with Crippen LogP contribution in [0, 0.1) is 0 Å². The Kier molecular flexibility index (Phi) is 9.29. The van der Waals surface area contributed by atoms with Crippen LogP contribution in [0.5, 0.6) is 0 Å². The third-order valence-corrected chi connectivity index (χ3v) is 2.02. The average Bonchev–Trinajstić information content (AvgIpc) is 2.14. The first kappa shape index (κ1) is 15.0. The summed E-state index contributed by atoms with van der Waals surface area (Å²) in [6, 6.07) is 0. The van der Waals surface area contributed by atoms with Crippen molar-refractivity contribution in [1.29, 1.82) is 0 Å². The summed E-state index contributed by atoms with van der Waals surface area (Å²) in [5.74, 6) is 0. The van der Waals surface area contributed by atoms with Gasteiger partial charge in [0.2, 0.25) is 0 Å². The first-order valence-electron chi connectivity index (χ1n) is 4.65. The number of ether oxygens (including phenoxy) is 3. The highest BCUT2D eigenvalue weighted by molar-refractivity contribution is 7.51. The van der Waals surface area contributed by atoms with Crippen molar-refractivity contribution in [2.45, 2.75) is 0 Å². The SMILES string of the molecule is COCCOCCOCCOP(C)(=O)O. The molecule has 92 valence electrons. The number of hydrogen-bond acceptors (Lipinski definition) is 5. The zero-order valence-electron chi connectivity index (χ0n) is 9.18. The van der Waals surface area contributed by atoms with E-state index >= 15 is 0 Å². The molecule has 7 heteroatoms. The molecule has 15 heavy (non-hydrogen) atoms. The number of rotatable bonds is 10. The fourth-order valence-corrected chi connectivity index (χ4v) is 1.14. The predicted octanol–water partition coefficient (Wildman–Crippen LogP) is 0.498. The van der Waals surface area contributed by atoms with Crippen LogP contribution in [0.4, 0.5) is 0 Å². The molecule has 0 amide bonds. The molecule has 0 aliphatic carbocycles. The van der Waals surface area contributed by atoms with Gasteiger partial charge in [-0.25, -0.2) is 0 Å². The molecule has 0 saturated heterocycles. The van der Waals surface area contributed by atoms with Crippen LogP contribution >= 0.6 is 7.60 Å². The summed E-state index contributed by atoms with van der Waals surface area (Å²) in [6.07, 6.45) is 0. The highest BCUT2D eigenvalue weighted by Gasteiger charge is 2.08. The molecule has 6 nitrogen and oxygen atoms in total. The second kappa shape index (κ2) is 9.27. The lowest BCUT2D eigenvalue weighted by molar-refractivity contribution is 0.0173. The van der Waals surface area contributed by atoms with Crippen LogP contribution in [0.3, 0.4) is 0 Å². The molecular formula is C8H19O6P. The molecule has 0 bridgehead atoms. The van der Waals surface area contributed by atoms with Crippen LogP contribution in [0.2, 0.25) is 0 Å². The van der Waals surface area contributed by atoms with Crippen LogP contribution in [0.25, 0.3) is 0 Å². The monoisotopic (exact) mass is 242 g/mol. The van der Waals surface area contributed by atoms with Gasteiger partial charge < -0.3 is 23.6 Å². The van der Waals surface area contributed by atoms with Gasteiger partial charge in [-0.3, -0.25) is 4.57 Å². The van der Waals surface area contributed by atoms with Crippen molar-refractivity contribution in [3.63, 3.8) is 0 Å². The summed E-state index contributed by atoms with van der Waals surface area (Å²) < 4.78 is 30.3. The van der Waals surface area contributed by atoms with Gasteiger partial charge in [-0.15, -0.1) is 0 Å². The van der Waals surface area contributed by atoms with Crippen molar-refractivity contribution < 1.29 is 28.2 Å².